The van der Waals surface area contributed by atoms with Crippen molar-refractivity contribution in [3.8, 4) is 5.75 Å². The van der Waals surface area contributed by atoms with Crippen LogP contribution in [0.2, 0.25) is 5.02 Å². The molecule has 1 aliphatic rings. The number of aromatic nitrogens is 2. The van der Waals surface area contributed by atoms with E-state index < -0.39 is 7.14 Å². The summed E-state index contributed by atoms with van der Waals surface area (Å²) < 4.78 is 18.7. The normalized spacial score (nSPS) is 15.1. The Kier molecular flexibility index (Phi) is 8.29. The molecule has 1 saturated heterocycles. The standard InChI is InChI=1S/C25H32ClN6O2P/c1-31-11-13-32(14-12-31)15-16-34-20-8-6-7-19(17-20)28-25-27-18-21(26)24(30-25)29-22-9-4-5-10-23(22)35(2,3)33/h4-10,17-18H,11-16H2,1-3H3,(H2,27,28,29,30). The highest BCUT2D eigenvalue weighted by atomic mass is 35.5. The number of halogens is 1. The average Bonchev–Trinajstić information content (AvgIpc) is 2.82. The minimum atomic E-state index is -2.49. The highest BCUT2D eigenvalue weighted by Crippen LogP contribution is 2.38. The molecule has 0 aliphatic carbocycles. The first-order valence-corrected chi connectivity index (χ1v) is 14.6. The number of anilines is 4. The molecule has 0 saturated carbocycles. The minimum Gasteiger partial charge on any atom is -0.492 e. The quantitative estimate of drug-likeness (QED) is 0.404. The highest BCUT2D eigenvalue weighted by Gasteiger charge is 2.17. The van der Waals surface area contributed by atoms with Crippen LogP contribution < -0.4 is 20.7 Å². The third kappa shape index (κ3) is 7.18. The van der Waals surface area contributed by atoms with Crippen molar-refractivity contribution in [2.75, 3.05) is 70.3 Å². The van der Waals surface area contributed by atoms with E-state index in [0.29, 0.717) is 29.1 Å². The first-order chi connectivity index (χ1) is 16.8. The molecule has 2 heterocycles. The zero-order valence-corrected chi connectivity index (χ0v) is 22.0. The molecule has 0 amide bonds. The van der Waals surface area contributed by atoms with Crippen molar-refractivity contribution in [3.63, 3.8) is 0 Å². The smallest absolute Gasteiger partial charge is 0.229 e. The monoisotopic (exact) mass is 514 g/mol. The van der Waals surface area contributed by atoms with Gasteiger partial charge in [0.25, 0.3) is 0 Å². The molecule has 186 valence electrons. The molecule has 10 heteroatoms. The maximum Gasteiger partial charge on any atom is 0.229 e. The summed E-state index contributed by atoms with van der Waals surface area (Å²) in [4.78, 5) is 13.6. The van der Waals surface area contributed by atoms with Crippen LogP contribution in [-0.2, 0) is 4.57 Å². The summed E-state index contributed by atoms with van der Waals surface area (Å²) in [6.07, 6.45) is 1.54. The van der Waals surface area contributed by atoms with E-state index in [1.807, 2.05) is 48.5 Å². The zero-order chi connectivity index (χ0) is 24.8. The summed E-state index contributed by atoms with van der Waals surface area (Å²) >= 11 is 6.36. The highest BCUT2D eigenvalue weighted by molar-refractivity contribution is 7.70. The lowest BCUT2D eigenvalue weighted by molar-refractivity contribution is 0.134. The first kappa shape index (κ1) is 25.5. The molecular weight excluding hydrogens is 483 g/mol. The molecule has 0 unspecified atom stereocenters. The summed E-state index contributed by atoms with van der Waals surface area (Å²) in [7, 11) is -0.329. The molecule has 2 aromatic carbocycles. The van der Waals surface area contributed by atoms with E-state index >= 15 is 0 Å². The fourth-order valence-corrected chi connectivity index (χ4v) is 5.14. The fraction of sp³-hybridized carbons (Fsp3) is 0.360. The van der Waals surface area contributed by atoms with Gasteiger partial charge in [0.15, 0.2) is 5.82 Å². The van der Waals surface area contributed by atoms with Crippen LogP contribution in [0.4, 0.5) is 23.1 Å². The topological polar surface area (TPSA) is 82.6 Å². The Bertz CT molecular complexity index is 1200. The average molecular weight is 515 g/mol. The molecule has 0 atom stereocenters. The predicted octanol–water partition coefficient (Wildman–Crippen LogP) is 4.49. The zero-order valence-electron chi connectivity index (χ0n) is 20.4. The first-order valence-electron chi connectivity index (χ1n) is 11.6. The van der Waals surface area contributed by atoms with Crippen molar-refractivity contribution in [1.82, 2.24) is 19.8 Å². The largest absolute Gasteiger partial charge is 0.492 e. The van der Waals surface area contributed by atoms with Crippen molar-refractivity contribution < 1.29 is 9.30 Å². The molecule has 4 rings (SSSR count). The van der Waals surface area contributed by atoms with Gasteiger partial charge >= 0.3 is 0 Å². The number of para-hydroxylation sites is 1. The predicted molar refractivity (Wildman–Crippen MR) is 145 cm³/mol. The minimum absolute atomic E-state index is 0.369. The lowest BCUT2D eigenvalue weighted by atomic mass is 10.3. The van der Waals surface area contributed by atoms with Gasteiger partial charge in [0.05, 0.1) is 11.9 Å². The molecule has 1 aromatic heterocycles. The molecule has 2 N–H and O–H groups in total. The Balaban J connectivity index is 1.40. The van der Waals surface area contributed by atoms with E-state index in [0.717, 1.165) is 49.5 Å². The van der Waals surface area contributed by atoms with E-state index in [2.05, 4.69) is 37.4 Å². The second kappa shape index (κ2) is 11.4. The fourth-order valence-electron chi connectivity index (χ4n) is 3.85. The molecule has 0 radical (unpaired) electrons. The van der Waals surface area contributed by atoms with Gasteiger partial charge in [0, 0.05) is 49.8 Å². The van der Waals surface area contributed by atoms with Gasteiger partial charge in [0.1, 0.15) is 24.5 Å². The Morgan fingerprint density at radius 2 is 1.83 bits per heavy atom. The number of hydrogen-bond donors (Lipinski definition) is 2. The van der Waals surface area contributed by atoms with Crippen LogP contribution in [-0.4, -0.2) is 79.5 Å². The molecule has 0 spiro atoms. The van der Waals surface area contributed by atoms with E-state index in [-0.39, 0.29) is 0 Å². The maximum atomic E-state index is 12.7. The number of benzene rings is 2. The maximum absolute atomic E-state index is 12.7. The summed E-state index contributed by atoms with van der Waals surface area (Å²) in [6, 6.07) is 15.2. The van der Waals surface area contributed by atoms with Gasteiger partial charge in [-0.05, 0) is 44.6 Å². The van der Waals surface area contributed by atoms with E-state index in [1.165, 1.54) is 6.20 Å². The number of likely N-dealkylation sites (N-methyl/N-ethyl adjacent to an activating group) is 1. The number of rotatable bonds is 9. The van der Waals surface area contributed by atoms with Crippen molar-refractivity contribution >= 4 is 47.2 Å². The molecular formula is C25H32ClN6O2P. The van der Waals surface area contributed by atoms with Gasteiger partial charge in [0.2, 0.25) is 5.95 Å². The van der Waals surface area contributed by atoms with E-state index in [1.54, 1.807) is 13.3 Å². The lowest BCUT2D eigenvalue weighted by Crippen LogP contribution is -2.45. The summed E-state index contributed by atoms with van der Waals surface area (Å²) in [6.45, 7) is 9.36. The van der Waals surface area contributed by atoms with Crippen LogP contribution in [0.15, 0.2) is 54.7 Å². The van der Waals surface area contributed by atoms with Crippen molar-refractivity contribution in [1.29, 1.82) is 0 Å². The van der Waals surface area contributed by atoms with Crippen LogP contribution in [0.25, 0.3) is 0 Å². The summed E-state index contributed by atoms with van der Waals surface area (Å²) in [5.74, 6) is 1.61. The number of ether oxygens (including phenoxy) is 1. The number of nitrogens with zero attached hydrogens (tertiary/aromatic N) is 4. The van der Waals surface area contributed by atoms with Gasteiger partial charge < -0.3 is 24.8 Å². The van der Waals surface area contributed by atoms with Gasteiger partial charge in [-0.15, -0.1) is 0 Å². The van der Waals surface area contributed by atoms with Gasteiger partial charge in [-0.2, -0.15) is 4.98 Å². The molecule has 1 fully saturated rings. The van der Waals surface area contributed by atoms with Crippen LogP contribution in [0.1, 0.15) is 0 Å². The Morgan fingerprint density at radius 1 is 1.06 bits per heavy atom. The third-order valence-electron chi connectivity index (χ3n) is 5.84. The van der Waals surface area contributed by atoms with Crippen LogP contribution in [0.3, 0.4) is 0 Å². The van der Waals surface area contributed by atoms with Gasteiger partial charge in [-0.1, -0.05) is 29.8 Å². The Hall–Kier alpha value is -2.64. The second-order valence-electron chi connectivity index (χ2n) is 9.03. The molecule has 8 nitrogen and oxygen atoms in total. The third-order valence-corrected chi connectivity index (χ3v) is 7.67. The summed E-state index contributed by atoms with van der Waals surface area (Å²) in [5.41, 5.74) is 1.52. The molecule has 1 aliphatic heterocycles. The molecule has 0 bridgehead atoms. The van der Waals surface area contributed by atoms with Crippen LogP contribution in [0.5, 0.6) is 5.75 Å². The van der Waals surface area contributed by atoms with Crippen LogP contribution in [0, 0.1) is 0 Å². The van der Waals surface area contributed by atoms with E-state index in [9.17, 15) is 4.57 Å². The van der Waals surface area contributed by atoms with E-state index in [4.69, 9.17) is 16.3 Å². The lowest BCUT2D eigenvalue weighted by Gasteiger charge is -2.32. The number of nitrogens with one attached hydrogen (secondary N) is 2. The van der Waals surface area contributed by atoms with Crippen molar-refractivity contribution in [3.05, 3.63) is 59.8 Å². The van der Waals surface area contributed by atoms with Crippen molar-refractivity contribution in [2.24, 2.45) is 0 Å². The number of hydrogen-bond acceptors (Lipinski definition) is 8. The van der Waals surface area contributed by atoms with Gasteiger partial charge in [-0.25, -0.2) is 4.98 Å². The SMILES string of the molecule is CN1CCN(CCOc2cccc(Nc3ncc(Cl)c(Nc4ccccc4P(C)(C)=O)n3)c2)CC1. The molecule has 35 heavy (non-hydrogen) atoms. The summed E-state index contributed by atoms with van der Waals surface area (Å²) in [5, 5.41) is 7.54. The second-order valence-corrected chi connectivity index (χ2v) is 12.6. The van der Waals surface area contributed by atoms with Crippen LogP contribution >= 0.6 is 18.7 Å². The number of piperazine rings is 1. The Morgan fingerprint density at radius 3 is 2.60 bits per heavy atom. The Labute approximate surface area is 212 Å². The van der Waals surface area contributed by atoms with Crippen molar-refractivity contribution in [2.45, 2.75) is 0 Å². The van der Waals surface area contributed by atoms with Gasteiger partial charge in [-0.3, -0.25) is 4.90 Å². The molecule has 3 aromatic rings.